The van der Waals surface area contributed by atoms with Gasteiger partial charge in [-0.3, -0.25) is 9.63 Å². The molecule has 1 aliphatic rings. The van der Waals surface area contributed by atoms with Gasteiger partial charge in [-0.25, -0.2) is 19.4 Å². The number of hydrogen-bond acceptors (Lipinski definition) is 9. The molecule has 2 heterocycles. The fraction of sp³-hybridized carbons (Fsp3) is 0.367. The summed E-state index contributed by atoms with van der Waals surface area (Å²) in [5, 5.41) is 7.98. The molecule has 0 saturated carbocycles. The molecule has 2 aromatic carbocycles. The van der Waals surface area contributed by atoms with Crippen molar-refractivity contribution in [3.63, 3.8) is 0 Å². The number of carbonyl (C=O) groups is 1. The number of rotatable bonds is 12. The van der Waals surface area contributed by atoms with Gasteiger partial charge in [-0.2, -0.15) is 0 Å². The van der Waals surface area contributed by atoms with Crippen LogP contribution in [0.4, 0.5) is 33.1 Å². The number of halogens is 1. The Hall–Kier alpha value is -4.22. The lowest BCUT2D eigenvalue weighted by Crippen LogP contribution is -2.31. The monoisotopic (exact) mass is 563 g/mol. The number of ether oxygens (including phenoxy) is 1. The second-order valence-electron chi connectivity index (χ2n) is 10.2. The molecule has 0 bridgehead atoms. The van der Waals surface area contributed by atoms with Crippen LogP contribution in [0.3, 0.4) is 0 Å². The third-order valence-electron chi connectivity index (χ3n) is 7.04. The highest BCUT2D eigenvalue weighted by molar-refractivity contribution is 6.02. The summed E-state index contributed by atoms with van der Waals surface area (Å²) >= 11 is 0. The number of likely N-dealkylation sites (N-methyl/N-ethyl adjacent to an activating group) is 2. The SMILES string of the molecule is C=CC(=O)Nc1cc(Nc2cc(N3OCC[C@@H]3Cc3cccc(F)c3C)ncn2)c(OC)cc1N(C)CCN(C)C. The normalized spacial score (nSPS) is 14.7. The Balaban J connectivity index is 1.60. The van der Waals surface area contributed by atoms with E-state index >= 15 is 0 Å². The molecule has 10 nitrogen and oxygen atoms in total. The van der Waals surface area contributed by atoms with Gasteiger partial charge in [-0.1, -0.05) is 18.7 Å². The summed E-state index contributed by atoms with van der Waals surface area (Å²) in [4.78, 5) is 31.2. The maximum Gasteiger partial charge on any atom is 0.247 e. The van der Waals surface area contributed by atoms with E-state index < -0.39 is 0 Å². The van der Waals surface area contributed by atoms with E-state index in [4.69, 9.17) is 9.57 Å². The number of nitrogens with zero attached hydrogens (tertiary/aromatic N) is 5. The molecule has 1 amide bonds. The van der Waals surface area contributed by atoms with Crippen LogP contribution in [0.5, 0.6) is 5.75 Å². The van der Waals surface area contributed by atoms with E-state index in [1.807, 2.05) is 39.3 Å². The predicted molar refractivity (Wildman–Crippen MR) is 161 cm³/mol. The zero-order chi connectivity index (χ0) is 29.5. The van der Waals surface area contributed by atoms with Gasteiger partial charge in [0.2, 0.25) is 5.91 Å². The molecule has 4 rings (SSSR count). The number of methoxy groups -OCH3 is 1. The van der Waals surface area contributed by atoms with Crippen LogP contribution in [0.15, 0.2) is 55.4 Å². The van der Waals surface area contributed by atoms with Gasteiger partial charge in [-0.05, 0) is 63.2 Å². The molecule has 0 radical (unpaired) electrons. The molecule has 1 atom stereocenters. The largest absolute Gasteiger partial charge is 0.494 e. The minimum Gasteiger partial charge on any atom is -0.494 e. The fourth-order valence-corrected chi connectivity index (χ4v) is 4.65. The Morgan fingerprint density at radius 2 is 2.02 bits per heavy atom. The van der Waals surface area contributed by atoms with Crippen LogP contribution in [0.1, 0.15) is 17.5 Å². The summed E-state index contributed by atoms with van der Waals surface area (Å²) in [7, 11) is 7.57. The number of nitrogens with one attached hydrogen (secondary N) is 2. The van der Waals surface area contributed by atoms with Crippen LogP contribution in [0.25, 0.3) is 0 Å². The first-order valence-corrected chi connectivity index (χ1v) is 13.5. The average Bonchev–Trinajstić information content (AvgIpc) is 3.42. The fourth-order valence-electron chi connectivity index (χ4n) is 4.65. The number of hydrogen-bond donors (Lipinski definition) is 2. The van der Waals surface area contributed by atoms with Crippen molar-refractivity contribution in [2.45, 2.75) is 25.8 Å². The van der Waals surface area contributed by atoms with Crippen molar-refractivity contribution in [2.75, 3.05) is 68.5 Å². The summed E-state index contributed by atoms with van der Waals surface area (Å²) in [5.41, 5.74) is 3.59. The van der Waals surface area contributed by atoms with Crippen LogP contribution in [-0.2, 0) is 16.1 Å². The maximum atomic E-state index is 14.1. The number of hydroxylamine groups is 1. The van der Waals surface area contributed by atoms with Gasteiger partial charge in [0.15, 0.2) is 5.82 Å². The molecule has 1 aromatic heterocycles. The highest BCUT2D eigenvalue weighted by Crippen LogP contribution is 2.38. The van der Waals surface area contributed by atoms with Crippen LogP contribution in [-0.4, -0.2) is 74.8 Å². The molecule has 2 N–H and O–H groups in total. The number of amides is 1. The molecule has 1 fully saturated rings. The van der Waals surface area contributed by atoms with E-state index in [1.54, 1.807) is 31.2 Å². The predicted octanol–water partition coefficient (Wildman–Crippen LogP) is 4.55. The topological polar surface area (TPSA) is 95.1 Å². The van der Waals surface area contributed by atoms with E-state index in [9.17, 15) is 9.18 Å². The standard InChI is InChI=1S/C30H38FN7O3/c1-7-30(39)35-24-16-25(27(40-6)17-26(24)37(5)13-12-36(3)4)34-28-18-29(33-19-32-28)38-22(11-14-41-38)15-21-9-8-10-23(31)20(21)2/h7-10,16-19,22H,1,11-15H2,2-6H3,(H,35,39)(H,32,33,34)/t22-/m1/s1. The Kier molecular flexibility index (Phi) is 9.74. The van der Waals surface area contributed by atoms with E-state index in [2.05, 4.69) is 37.0 Å². The first-order chi connectivity index (χ1) is 19.7. The third kappa shape index (κ3) is 7.30. The van der Waals surface area contributed by atoms with Crippen LogP contribution in [0.2, 0.25) is 0 Å². The van der Waals surface area contributed by atoms with Gasteiger partial charge in [0.05, 0.1) is 36.8 Å². The maximum absolute atomic E-state index is 14.1. The molecular formula is C30H38FN7O3. The van der Waals surface area contributed by atoms with Gasteiger partial charge < -0.3 is 25.2 Å². The highest BCUT2D eigenvalue weighted by Gasteiger charge is 2.29. The molecule has 0 aliphatic carbocycles. The zero-order valence-electron chi connectivity index (χ0n) is 24.3. The van der Waals surface area contributed by atoms with Gasteiger partial charge in [-0.15, -0.1) is 0 Å². The Morgan fingerprint density at radius 1 is 1.22 bits per heavy atom. The Labute approximate surface area is 240 Å². The smallest absolute Gasteiger partial charge is 0.247 e. The summed E-state index contributed by atoms with van der Waals surface area (Å²) in [6.45, 7) is 7.48. The Bertz CT molecular complexity index is 1380. The first kappa shape index (κ1) is 29.8. The highest BCUT2D eigenvalue weighted by atomic mass is 19.1. The first-order valence-electron chi connectivity index (χ1n) is 13.5. The lowest BCUT2D eigenvalue weighted by Gasteiger charge is -2.26. The molecule has 41 heavy (non-hydrogen) atoms. The van der Waals surface area contributed by atoms with Crippen molar-refractivity contribution < 1.29 is 18.8 Å². The molecule has 1 saturated heterocycles. The van der Waals surface area contributed by atoms with E-state index in [0.29, 0.717) is 47.4 Å². The lowest BCUT2D eigenvalue weighted by atomic mass is 9.99. The van der Waals surface area contributed by atoms with Gasteiger partial charge in [0, 0.05) is 32.3 Å². The second-order valence-corrected chi connectivity index (χ2v) is 10.2. The van der Waals surface area contributed by atoms with Crippen LogP contribution in [0, 0.1) is 12.7 Å². The second kappa shape index (κ2) is 13.4. The Morgan fingerprint density at radius 3 is 2.76 bits per heavy atom. The van der Waals surface area contributed by atoms with E-state index in [1.165, 1.54) is 18.5 Å². The lowest BCUT2D eigenvalue weighted by molar-refractivity contribution is -0.111. The number of carbonyl (C=O) groups excluding carboxylic acids is 1. The third-order valence-corrected chi connectivity index (χ3v) is 7.04. The minimum absolute atomic E-state index is 0.00880. The van der Waals surface area contributed by atoms with Crippen LogP contribution < -0.4 is 25.3 Å². The number of benzene rings is 2. The van der Waals surface area contributed by atoms with Crippen molar-refractivity contribution >= 4 is 34.6 Å². The van der Waals surface area contributed by atoms with Crippen molar-refractivity contribution in [3.8, 4) is 5.75 Å². The quantitative estimate of drug-likeness (QED) is 0.308. The van der Waals surface area contributed by atoms with Crippen molar-refractivity contribution in [1.29, 1.82) is 0 Å². The molecule has 1 aliphatic heterocycles. The number of anilines is 5. The van der Waals surface area contributed by atoms with Gasteiger partial charge >= 0.3 is 0 Å². The zero-order valence-corrected chi connectivity index (χ0v) is 24.3. The van der Waals surface area contributed by atoms with Crippen molar-refractivity contribution in [2.24, 2.45) is 0 Å². The molecule has 3 aromatic rings. The minimum atomic E-state index is -0.321. The average molecular weight is 564 g/mol. The molecular weight excluding hydrogens is 525 g/mol. The van der Waals surface area contributed by atoms with Gasteiger partial charge in [0.25, 0.3) is 0 Å². The van der Waals surface area contributed by atoms with Crippen molar-refractivity contribution in [1.82, 2.24) is 14.9 Å². The van der Waals surface area contributed by atoms with E-state index in [0.717, 1.165) is 30.8 Å². The van der Waals surface area contributed by atoms with Crippen LogP contribution >= 0.6 is 0 Å². The molecule has 218 valence electrons. The summed E-state index contributed by atoms with van der Waals surface area (Å²) in [5.74, 6) is 1.13. The molecule has 11 heteroatoms. The summed E-state index contributed by atoms with van der Waals surface area (Å²) in [6, 6.07) is 10.6. The summed E-state index contributed by atoms with van der Waals surface area (Å²) < 4.78 is 19.8. The van der Waals surface area contributed by atoms with Gasteiger partial charge in [0.1, 0.15) is 23.7 Å². The molecule has 0 spiro atoms. The number of aromatic nitrogens is 2. The van der Waals surface area contributed by atoms with Crippen molar-refractivity contribution in [3.05, 3.63) is 72.3 Å². The summed E-state index contributed by atoms with van der Waals surface area (Å²) in [6.07, 6.45) is 4.10. The van der Waals surface area contributed by atoms with E-state index in [-0.39, 0.29) is 17.8 Å². The molecule has 0 unspecified atom stereocenters.